The maximum atomic E-state index is 11.9. The molecule has 3 rings (SSSR count). The van der Waals surface area contributed by atoms with Crippen LogP contribution in [0.5, 0.6) is 5.75 Å². The molecule has 25 heavy (non-hydrogen) atoms. The molecule has 0 saturated heterocycles. The number of amides is 1. The Kier molecular flexibility index (Phi) is 5.16. The van der Waals surface area contributed by atoms with Gasteiger partial charge in [0.2, 0.25) is 0 Å². The summed E-state index contributed by atoms with van der Waals surface area (Å²) in [6.45, 7) is 3.83. The van der Waals surface area contributed by atoms with Gasteiger partial charge in [-0.15, -0.1) is 0 Å². The Bertz CT molecular complexity index is 869. The van der Waals surface area contributed by atoms with Gasteiger partial charge in [-0.25, -0.2) is 10.2 Å². The van der Waals surface area contributed by atoms with Crippen LogP contribution in [-0.2, 0) is 4.79 Å². The molecule has 0 spiro atoms. The van der Waals surface area contributed by atoms with Crippen molar-refractivity contribution in [2.45, 2.75) is 39.5 Å². The number of carbonyl (C=O) groups is 1. The molecule has 6 nitrogen and oxygen atoms in total. The van der Waals surface area contributed by atoms with Gasteiger partial charge in [-0.2, -0.15) is 5.10 Å². The first-order valence-electron chi connectivity index (χ1n) is 8.55. The van der Waals surface area contributed by atoms with E-state index < -0.39 is 5.63 Å². The number of ether oxygens (including phenoxy) is 1. The summed E-state index contributed by atoms with van der Waals surface area (Å²) in [4.78, 5) is 23.4. The zero-order chi connectivity index (χ0) is 17.8. The lowest BCUT2D eigenvalue weighted by atomic mass is 9.89. The van der Waals surface area contributed by atoms with Crippen molar-refractivity contribution in [3.8, 4) is 5.75 Å². The minimum absolute atomic E-state index is 0.146. The molecule has 1 aromatic carbocycles. The van der Waals surface area contributed by atoms with Gasteiger partial charge in [0.1, 0.15) is 11.3 Å². The molecule has 1 N–H and O–H groups in total. The Morgan fingerprint density at radius 3 is 3.00 bits per heavy atom. The second-order valence-corrected chi connectivity index (χ2v) is 6.48. The van der Waals surface area contributed by atoms with E-state index in [1.807, 2.05) is 13.0 Å². The van der Waals surface area contributed by atoms with Crippen molar-refractivity contribution in [2.24, 2.45) is 11.0 Å². The SMILES string of the molecule is Cc1cc(=O)oc2cc(OCC(=O)N/N=C3/CCCC[C@H]3C)ccc12. The van der Waals surface area contributed by atoms with E-state index in [0.717, 1.165) is 35.9 Å². The van der Waals surface area contributed by atoms with Crippen LogP contribution in [-0.4, -0.2) is 18.2 Å². The highest BCUT2D eigenvalue weighted by atomic mass is 16.5. The molecule has 1 heterocycles. The van der Waals surface area contributed by atoms with Gasteiger partial charge in [0.25, 0.3) is 5.91 Å². The first-order chi connectivity index (χ1) is 12.0. The fourth-order valence-electron chi connectivity index (χ4n) is 3.05. The maximum Gasteiger partial charge on any atom is 0.336 e. The van der Waals surface area contributed by atoms with E-state index in [2.05, 4.69) is 17.5 Å². The molecule has 6 heteroatoms. The lowest BCUT2D eigenvalue weighted by Gasteiger charge is -2.19. The van der Waals surface area contributed by atoms with Crippen molar-refractivity contribution >= 4 is 22.6 Å². The number of fused-ring (bicyclic) bond motifs is 1. The molecule has 0 aliphatic heterocycles. The predicted molar refractivity (Wildman–Crippen MR) is 95.9 cm³/mol. The van der Waals surface area contributed by atoms with Crippen molar-refractivity contribution in [3.63, 3.8) is 0 Å². The molecule has 1 fully saturated rings. The van der Waals surface area contributed by atoms with Crippen molar-refractivity contribution in [1.29, 1.82) is 0 Å². The molecule has 1 aromatic heterocycles. The molecule has 1 aliphatic rings. The molecule has 2 aromatic rings. The fourth-order valence-corrected chi connectivity index (χ4v) is 3.05. The minimum atomic E-state index is -0.405. The van der Waals surface area contributed by atoms with Crippen LogP contribution in [0, 0.1) is 12.8 Å². The third kappa shape index (κ3) is 4.26. The van der Waals surface area contributed by atoms with Gasteiger partial charge >= 0.3 is 5.63 Å². The van der Waals surface area contributed by atoms with Gasteiger partial charge in [-0.1, -0.05) is 13.3 Å². The van der Waals surface area contributed by atoms with Gasteiger partial charge in [0.05, 0.1) is 0 Å². The predicted octanol–water partition coefficient (Wildman–Crippen LogP) is 3.16. The van der Waals surface area contributed by atoms with Crippen LogP contribution in [0.2, 0.25) is 0 Å². The molecule has 0 radical (unpaired) electrons. The topological polar surface area (TPSA) is 80.9 Å². The number of rotatable bonds is 4. The normalized spacial score (nSPS) is 19.1. The second kappa shape index (κ2) is 7.51. The highest BCUT2D eigenvalue weighted by Crippen LogP contribution is 2.22. The smallest absolute Gasteiger partial charge is 0.336 e. The van der Waals surface area contributed by atoms with Gasteiger partial charge in [0.15, 0.2) is 6.61 Å². The van der Waals surface area contributed by atoms with Gasteiger partial charge < -0.3 is 9.15 Å². The Hall–Kier alpha value is -2.63. The standard InChI is InChI=1S/C19H22N2O4/c1-12-5-3-4-6-16(12)20-21-18(22)11-24-14-7-8-15-13(2)9-19(23)25-17(15)10-14/h7-10,12H,3-6,11H2,1-2H3,(H,21,22)/b20-16-/t12-/m1/s1. The number of nitrogens with zero attached hydrogens (tertiary/aromatic N) is 1. The van der Waals surface area contributed by atoms with Crippen molar-refractivity contribution in [3.05, 3.63) is 40.2 Å². The van der Waals surface area contributed by atoms with Crippen LogP contribution < -0.4 is 15.8 Å². The summed E-state index contributed by atoms with van der Waals surface area (Å²) in [5, 5.41) is 5.07. The quantitative estimate of drug-likeness (QED) is 0.683. The number of carbonyl (C=O) groups excluding carboxylic acids is 1. The molecule has 132 valence electrons. The molecule has 1 aliphatic carbocycles. The molecule has 1 saturated carbocycles. The largest absolute Gasteiger partial charge is 0.484 e. The molecular formula is C19H22N2O4. The Labute approximate surface area is 145 Å². The van der Waals surface area contributed by atoms with Gasteiger partial charge in [0, 0.05) is 23.2 Å². The van der Waals surface area contributed by atoms with Gasteiger partial charge in [-0.05, 0) is 49.8 Å². The zero-order valence-corrected chi connectivity index (χ0v) is 14.5. The van der Waals surface area contributed by atoms with Crippen LogP contribution in [0.1, 0.15) is 38.2 Å². The average molecular weight is 342 g/mol. The van der Waals surface area contributed by atoms with E-state index in [9.17, 15) is 9.59 Å². The minimum Gasteiger partial charge on any atom is -0.484 e. The van der Waals surface area contributed by atoms with Crippen LogP contribution >= 0.6 is 0 Å². The summed E-state index contributed by atoms with van der Waals surface area (Å²) in [7, 11) is 0. The molecular weight excluding hydrogens is 320 g/mol. The fraction of sp³-hybridized carbons (Fsp3) is 0.421. The van der Waals surface area contributed by atoms with E-state index in [0.29, 0.717) is 17.3 Å². The Balaban J connectivity index is 1.61. The summed E-state index contributed by atoms with van der Waals surface area (Å²) in [6.07, 6.45) is 4.39. The number of hydrogen-bond acceptors (Lipinski definition) is 5. The monoisotopic (exact) mass is 342 g/mol. The van der Waals surface area contributed by atoms with E-state index in [4.69, 9.17) is 9.15 Å². The lowest BCUT2D eigenvalue weighted by Crippen LogP contribution is -2.28. The Morgan fingerprint density at radius 2 is 2.20 bits per heavy atom. The van der Waals surface area contributed by atoms with Crippen LogP contribution in [0.3, 0.4) is 0 Å². The van der Waals surface area contributed by atoms with E-state index in [1.165, 1.54) is 12.5 Å². The molecule has 1 atom stereocenters. The zero-order valence-electron chi connectivity index (χ0n) is 14.5. The van der Waals surface area contributed by atoms with E-state index >= 15 is 0 Å². The van der Waals surface area contributed by atoms with Crippen molar-refractivity contribution < 1.29 is 13.9 Å². The third-order valence-electron chi connectivity index (χ3n) is 4.51. The summed E-state index contributed by atoms with van der Waals surface area (Å²) in [6, 6.07) is 6.62. The number of benzene rings is 1. The number of aryl methyl sites for hydroxylation is 1. The van der Waals surface area contributed by atoms with E-state index in [1.54, 1.807) is 12.1 Å². The molecule has 0 unspecified atom stereocenters. The summed E-state index contributed by atoms with van der Waals surface area (Å²) in [5.41, 5.74) is 4.48. The van der Waals surface area contributed by atoms with Gasteiger partial charge in [-0.3, -0.25) is 4.79 Å². The first kappa shape index (κ1) is 17.2. The summed E-state index contributed by atoms with van der Waals surface area (Å²) >= 11 is 0. The highest BCUT2D eigenvalue weighted by Gasteiger charge is 2.16. The van der Waals surface area contributed by atoms with Crippen LogP contribution in [0.15, 0.2) is 38.6 Å². The number of hydrazone groups is 1. The highest BCUT2D eigenvalue weighted by molar-refractivity contribution is 5.88. The van der Waals surface area contributed by atoms with Crippen molar-refractivity contribution in [2.75, 3.05) is 6.61 Å². The van der Waals surface area contributed by atoms with Crippen LogP contribution in [0.4, 0.5) is 0 Å². The lowest BCUT2D eigenvalue weighted by molar-refractivity contribution is -0.123. The Morgan fingerprint density at radius 1 is 1.36 bits per heavy atom. The summed E-state index contributed by atoms with van der Waals surface area (Å²) < 4.78 is 10.6. The molecule has 1 amide bonds. The van der Waals surface area contributed by atoms with E-state index in [-0.39, 0.29) is 12.5 Å². The number of hydrogen-bond donors (Lipinski definition) is 1. The first-order valence-corrected chi connectivity index (χ1v) is 8.55. The van der Waals surface area contributed by atoms with Crippen molar-refractivity contribution in [1.82, 2.24) is 5.43 Å². The summed E-state index contributed by atoms with van der Waals surface area (Å²) in [5.74, 6) is 0.577. The maximum absolute atomic E-state index is 11.9. The molecule has 0 bridgehead atoms. The average Bonchev–Trinajstić information content (AvgIpc) is 2.58. The van der Waals surface area contributed by atoms with Crippen LogP contribution in [0.25, 0.3) is 11.0 Å². The third-order valence-corrected chi connectivity index (χ3v) is 4.51. The second-order valence-electron chi connectivity index (χ2n) is 6.48. The number of nitrogens with one attached hydrogen (secondary N) is 1.